The fourth-order valence-electron chi connectivity index (χ4n) is 3.56. The van der Waals surface area contributed by atoms with Crippen molar-refractivity contribution < 1.29 is 22.7 Å². The van der Waals surface area contributed by atoms with Crippen molar-refractivity contribution in [3.05, 3.63) is 64.7 Å². The van der Waals surface area contributed by atoms with Crippen molar-refractivity contribution in [3.63, 3.8) is 0 Å². The van der Waals surface area contributed by atoms with Crippen LogP contribution in [-0.4, -0.2) is 69.8 Å². The second-order valence-corrected chi connectivity index (χ2v) is 9.34. The van der Waals surface area contributed by atoms with Crippen LogP contribution in [0.5, 0.6) is 0 Å². The molecule has 0 unspecified atom stereocenters. The number of benzene rings is 2. The van der Waals surface area contributed by atoms with E-state index in [9.17, 15) is 18.0 Å². The van der Waals surface area contributed by atoms with Crippen molar-refractivity contribution in [2.75, 3.05) is 40.3 Å². The zero-order valence-electron chi connectivity index (χ0n) is 17.2. The van der Waals surface area contributed by atoms with Crippen molar-refractivity contribution in [2.24, 2.45) is 0 Å². The molecule has 2 aromatic rings. The van der Waals surface area contributed by atoms with Gasteiger partial charge in [-0.15, -0.1) is 0 Å². The van der Waals surface area contributed by atoms with Crippen LogP contribution in [0, 0.1) is 0 Å². The monoisotopic (exact) mass is 465 g/mol. The highest BCUT2D eigenvalue weighted by atomic mass is 35.5. The number of carbonyl (C=O) groups is 2. The number of hydrogen-bond donors (Lipinski definition) is 1. The van der Waals surface area contributed by atoms with E-state index >= 15 is 0 Å². The molecule has 1 saturated heterocycles. The summed E-state index contributed by atoms with van der Waals surface area (Å²) in [6.45, 7) is 1.08. The number of nitrogens with one attached hydrogen (secondary N) is 1. The molecule has 1 atom stereocenters. The SMILES string of the molecule is CNC(=O)c1ccc(S(=O)(=O)N2CCN([C@@H](C(=O)OC)c3ccccc3Cl)CC2)cc1. The summed E-state index contributed by atoms with van der Waals surface area (Å²) < 4.78 is 32.4. The first-order valence-electron chi connectivity index (χ1n) is 9.68. The normalized spacial score (nSPS) is 16.5. The molecule has 0 aromatic heterocycles. The van der Waals surface area contributed by atoms with Crippen LogP contribution in [0.4, 0.5) is 0 Å². The topological polar surface area (TPSA) is 96.0 Å². The lowest BCUT2D eigenvalue weighted by Gasteiger charge is -2.37. The lowest BCUT2D eigenvalue weighted by Crippen LogP contribution is -2.51. The highest BCUT2D eigenvalue weighted by Crippen LogP contribution is 2.30. The van der Waals surface area contributed by atoms with Gasteiger partial charge in [0.05, 0.1) is 12.0 Å². The maximum atomic E-state index is 13.0. The number of halogens is 1. The number of hydrogen-bond acceptors (Lipinski definition) is 6. The molecule has 8 nitrogen and oxygen atoms in total. The highest BCUT2D eigenvalue weighted by Gasteiger charge is 2.35. The first-order valence-corrected chi connectivity index (χ1v) is 11.5. The lowest BCUT2D eigenvalue weighted by atomic mass is 10.0. The van der Waals surface area contributed by atoms with Gasteiger partial charge < -0.3 is 10.1 Å². The Kier molecular flexibility index (Phi) is 7.32. The number of piperazine rings is 1. The van der Waals surface area contributed by atoms with Gasteiger partial charge in [0.2, 0.25) is 10.0 Å². The van der Waals surface area contributed by atoms with Gasteiger partial charge in [-0.05, 0) is 35.9 Å². The van der Waals surface area contributed by atoms with E-state index in [0.29, 0.717) is 29.2 Å². The minimum Gasteiger partial charge on any atom is -0.468 e. The third kappa shape index (κ3) is 4.90. The first-order chi connectivity index (χ1) is 14.8. The summed E-state index contributed by atoms with van der Waals surface area (Å²) in [5, 5.41) is 2.95. The number of ether oxygens (including phenoxy) is 1. The molecule has 0 aliphatic carbocycles. The van der Waals surface area contributed by atoms with Gasteiger partial charge in [0, 0.05) is 43.8 Å². The van der Waals surface area contributed by atoms with Gasteiger partial charge in [-0.1, -0.05) is 29.8 Å². The molecule has 0 spiro atoms. The largest absolute Gasteiger partial charge is 0.468 e. The molecule has 10 heteroatoms. The van der Waals surface area contributed by atoms with E-state index < -0.39 is 22.0 Å². The van der Waals surface area contributed by atoms with Crippen LogP contribution < -0.4 is 5.32 Å². The van der Waals surface area contributed by atoms with Crippen LogP contribution in [0.3, 0.4) is 0 Å². The Morgan fingerprint density at radius 1 is 1.03 bits per heavy atom. The van der Waals surface area contributed by atoms with Gasteiger partial charge in [-0.25, -0.2) is 13.2 Å². The van der Waals surface area contributed by atoms with Gasteiger partial charge in [0.25, 0.3) is 5.91 Å². The summed E-state index contributed by atoms with van der Waals surface area (Å²) in [6.07, 6.45) is 0. The molecule has 0 bridgehead atoms. The molecular weight excluding hydrogens is 442 g/mol. The quantitative estimate of drug-likeness (QED) is 0.655. The number of rotatable bonds is 6. The summed E-state index contributed by atoms with van der Waals surface area (Å²) in [7, 11) is -0.901. The minimum absolute atomic E-state index is 0.115. The van der Waals surface area contributed by atoms with Crippen LogP contribution in [0.15, 0.2) is 53.4 Å². The molecule has 0 radical (unpaired) electrons. The summed E-state index contributed by atoms with van der Waals surface area (Å²) in [5.74, 6) is -0.736. The number of nitrogens with zero attached hydrogens (tertiary/aromatic N) is 2. The molecule has 1 N–H and O–H groups in total. The molecule has 1 aliphatic rings. The molecule has 1 aliphatic heterocycles. The maximum Gasteiger partial charge on any atom is 0.327 e. The Balaban J connectivity index is 1.76. The molecule has 1 fully saturated rings. The maximum absolute atomic E-state index is 13.0. The fourth-order valence-corrected chi connectivity index (χ4v) is 5.22. The minimum atomic E-state index is -3.73. The number of methoxy groups -OCH3 is 1. The molecule has 166 valence electrons. The van der Waals surface area contributed by atoms with E-state index in [-0.39, 0.29) is 23.9 Å². The standard InChI is InChI=1S/C21H24ClN3O5S/c1-23-20(26)15-7-9-16(10-8-15)31(28,29)25-13-11-24(12-14-25)19(21(27)30-2)17-5-3-4-6-18(17)22/h3-10,19H,11-14H2,1-2H3,(H,23,26)/t19-/m1/s1. The van der Waals surface area contributed by atoms with E-state index in [1.807, 2.05) is 4.90 Å². The lowest BCUT2D eigenvalue weighted by molar-refractivity contribution is -0.147. The highest BCUT2D eigenvalue weighted by molar-refractivity contribution is 7.89. The Morgan fingerprint density at radius 3 is 2.19 bits per heavy atom. The third-order valence-corrected chi connectivity index (χ3v) is 7.50. The summed E-state index contributed by atoms with van der Waals surface area (Å²) >= 11 is 6.30. The Bertz CT molecular complexity index is 1050. The van der Waals surface area contributed by atoms with Crippen molar-refractivity contribution in [3.8, 4) is 0 Å². The van der Waals surface area contributed by atoms with Crippen molar-refractivity contribution >= 4 is 33.5 Å². The van der Waals surface area contributed by atoms with Crippen LogP contribution in [0.1, 0.15) is 22.0 Å². The van der Waals surface area contributed by atoms with Crippen molar-refractivity contribution in [2.45, 2.75) is 10.9 Å². The van der Waals surface area contributed by atoms with Gasteiger partial charge in [-0.2, -0.15) is 4.31 Å². The molecular formula is C21H24ClN3O5S. The Labute approximate surface area is 186 Å². The predicted octanol–water partition coefficient (Wildman–Crippen LogP) is 1.92. The number of sulfonamides is 1. The van der Waals surface area contributed by atoms with E-state index in [0.717, 1.165) is 0 Å². The third-order valence-electron chi connectivity index (χ3n) is 5.24. The van der Waals surface area contributed by atoms with Gasteiger partial charge in [0.15, 0.2) is 0 Å². The molecule has 1 heterocycles. The number of amides is 1. The van der Waals surface area contributed by atoms with E-state index in [1.54, 1.807) is 24.3 Å². The van der Waals surface area contributed by atoms with Crippen molar-refractivity contribution in [1.29, 1.82) is 0 Å². The predicted molar refractivity (Wildman–Crippen MR) is 116 cm³/mol. The zero-order chi connectivity index (χ0) is 22.6. The summed E-state index contributed by atoms with van der Waals surface area (Å²) in [6, 6.07) is 12.1. The van der Waals surface area contributed by atoms with Crippen LogP contribution >= 0.6 is 11.6 Å². The number of carbonyl (C=O) groups excluding carboxylic acids is 2. The van der Waals surface area contributed by atoms with Crippen LogP contribution in [0.25, 0.3) is 0 Å². The van der Waals surface area contributed by atoms with Gasteiger partial charge >= 0.3 is 5.97 Å². The molecule has 1 amide bonds. The average molecular weight is 466 g/mol. The average Bonchev–Trinajstić information content (AvgIpc) is 2.80. The summed E-state index contributed by atoms with van der Waals surface area (Å²) in [5.41, 5.74) is 1.00. The van der Waals surface area contributed by atoms with Crippen LogP contribution in [-0.2, 0) is 19.6 Å². The smallest absolute Gasteiger partial charge is 0.327 e. The Morgan fingerprint density at radius 2 is 1.65 bits per heavy atom. The molecule has 2 aromatic carbocycles. The van der Waals surface area contributed by atoms with E-state index in [2.05, 4.69) is 5.32 Å². The molecule has 0 saturated carbocycles. The second kappa shape index (κ2) is 9.78. The van der Waals surface area contributed by atoms with Gasteiger partial charge in [-0.3, -0.25) is 9.69 Å². The second-order valence-electron chi connectivity index (χ2n) is 6.99. The zero-order valence-corrected chi connectivity index (χ0v) is 18.8. The van der Waals surface area contributed by atoms with Gasteiger partial charge in [0.1, 0.15) is 6.04 Å². The molecule has 31 heavy (non-hydrogen) atoms. The van der Waals surface area contributed by atoms with Crippen LogP contribution in [0.2, 0.25) is 5.02 Å². The fraction of sp³-hybridized carbons (Fsp3) is 0.333. The Hall–Kier alpha value is -2.46. The number of esters is 1. The van der Waals surface area contributed by atoms with Crippen molar-refractivity contribution in [1.82, 2.24) is 14.5 Å². The molecule has 3 rings (SSSR count). The van der Waals surface area contributed by atoms with E-state index in [1.165, 1.54) is 42.7 Å². The van der Waals surface area contributed by atoms with E-state index in [4.69, 9.17) is 16.3 Å². The first kappa shape index (κ1) is 23.2. The summed E-state index contributed by atoms with van der Waals surface area (Å²) in [4.78, 5) is 26.1.